The molecular weight excluding hydrogens is 290 g/mol. The fourth-order valence-corrected chi connectivity index (χ4v) is 4.82. The van der Waals surface area contributed by atoms with Gasteiger partial charge in [0.15, 0.2) is 0 Å². The number of sulfonamides is 1. The maximum atomic E-state index is 12.5. The van der Waals surface area contributed by atoms with Gasteiger partial charge in [-0.15, -0.1) is 0 Å². The zero-order valence-electron chi connectivity index (χ0n) is 12.3. The zero-order chi connectivity index (χ0) is 15.5. The molecule has 1 N–H and O–H groups in total. The lowest BCUT2D eigenvalue weighted by atomic mass is 10.1. The van der Waals surface area contributed by atoms with Crippen molar-refractivity contribution in [1.29, 1.82) is 0 Å². The van der Waals surface area contributed by atoms with Crippen LogP contribution in [-0.2, 0) is 19.6 Å². The van der Waals surface area contributed by atoms with Crippen LogP contribution in [0.2, 0.25) is 0 Å². The fraction of sp³-hybridized carbons (Fsp3) is 0.533. The van der Waals surface area contributed by atoms with Gasteiger partial charge in [-0.1, -0.05) is 36.8 Å². The Kier molecular flexibility index (Phi) is 5.00. The largest absolute Gasteiger partial charge is 0.469 e. The van der Waals surface area contributed by atoms with Gasteiger partial charge in [-0.25, -0.2) is 13.1 Å². The zero-order valence-corrected chi connectivity index (χ0v) is 13.1. The molecule has 3 unspecified atom stereocenters. The van der Waals surface area contributed by atoms with Crippen LogP contribution in [0.4, 0.5) is 0 Å². The molecular formula is C15H21NO4S. The molecule has 0 aliphatic heterocycles. The molecule has 1 aromatic carbocycles. The highest BCUT2D eigenvalue weighted by atomic mass is 32.2. The van der Waals surface area contributed by atoms with E-state index in [4.69, 9.17) is 4.74 Å². The molecule has 0 heterocycles. The average molecular weight is 311 g/mol. The van der Waals surface area contributed by atoms with E-state index in [1.807, 2.05) is 30.3 Å². The second-order valence-corrected chi connectivity index (χ2v) is 7.33. The summed E-state index contributed by atoms with van der Waals surface area (Å²) in [4.78, 5) is 11.7. The first-order chi connectivity index (χ1) is 9.95. The summed E-state index contributed by atoms with van der Waals surface area (Å²) in [6.45, 7) is 1.80. The number of carbonyl (C=O) groups is 1. The van der Waals surface area contributed by atoms with Crippen LogP contribution in [0.5, 0.6) is 0 Å². The SMILES string of the molecule is COC(=O)C1CCCC1S(=O)(=O)NC(C)c1ccccc1. The van der Waals surface area contributed by atoms with Gasteiger partial charge in [0, 0.05) is 6.04 Å². The maximum Gasteiger partial charge on any atom is 0.310 e. The van der Waals surface area contributed by atoms with E-state index in [2.05, 4.69) is 4.72 Å². The van der Waals surface area contributed by atoms with Gasteiger partial charge in [-0.05, 0) is 25.3 Å². The van der Waals surface area contributed by atoms with Gasteiger partial charge in [0.2, 0.25) is 10.0 Å². The quantitative estimate of drug-likeness (QED) is 0.844. The van der Waals surface area contributed by atoms with Crippen LogP contribution < -0.4 is 4.72 Å². The summed E-state index contributed by atoms with van der Waals surface area (Å²) in [5.41, 5.74) is 0.897. The molecule has 0 bridgehead atoms. The Morgan fingerprint density at radius 2 is 1.95 bits per heavy atom. The van der Waals surface area contributed by atoms with Gasteiger partial charge >= 0.3 is 5.97 Å². The van der Waals surface area contributed by atoms with E-state index >= 15 is 0 Å². The standard InChI is InChI=1S/C15H21NO4S/c1-11(12-7-4-3-5-8-12)16-21(18,19)14-10-6-9-13(14)15(17)20-2/h3-5,7-8,11,13-14,16H,6,9-10H2,1-2H3. The van der Waals surface area contributed by atoms with Crippen LogP contribution in [0.25, 0.3) is 0 Å². The van der Waals surface area contributed by atoms with Gasteiger partial charge in [-0.3, -0.25) is 4.79 Å². The van der Waals surface area contributed by atoms with Crippen LogP contribution in [0.1, 0.15) is 37.8 Å². The molecule has 1 aliphatic rings. The number of esters is 1. The van der Waals surface area contributed by atoms with Crippen molar-refractivity contribution in [3.05, 3.63) is 35.9 Å². The average Bonchev–Trinajstić information content (AvgIpc) is 2.97. The van der Waals surface area contributed by atoms with Gasteiger partial charge in [0.05, 0.1) is 18.3 Å². The van der Waals surface area contributed by atoms with Crippen molar-refractivity contribution in [3.63, 3.8) is 0 Å². The summed E-state index contributed by atoms with van der Waals surface area (Å²) >= 11 is 0. The van der Waals surface area contributed by atoms with Crippen molar-refractivity contribution < 1.29 is 17.9 Å². The maximum absolute atomic E-state index is 12.5. The number of rotatable bonds is 5. The highest BCUT2D eigenvalue weighted by molar-refractivity contribution is 7.90. The Morgan fingerprint density at radius 3 is 2.57 bits per heavy atom. The predicted molar refractivity (Wildman–Crippen MR) is 80.1 cm³/mol. The lowest BCUT2D eigenvalue weighted by Crippen LogP contribution is -2.40. The third-order valence-electron chi connectivity index (χ3n) is 4.00. The Morgan fingerprint density at radius 1 is 1.29 bits per heavy atom. The Bertz CT molecular complexity index is 585. The molecule has 2 rings (SSSR count). The summed E-state index contributed by atoms with van der Waals surface area (Å²) < 4.78 is 32.5. The third kappa shape index (κ3) is 3.63. The van der Waals surface area contributed by atoms with Crippen LogP contribution in [0, 0.1) is 5.92 Å². The highest BCUT2D eigenvalue weighted by Gasteiger charge is 2.42. The lowest BCUT2D eigenvalue weighted by Gasteiger charge is -2.21. The molecule has 1 saturated carbocycles. The van der Waals surface area contributed by atoms with Gasteiger partial charge in [0.1, 0.15) is 0 Å². The van der Waals surface area contributed by atoms with E-state index < -0.39 is 27.2 Å². The molecule has 0 aromatic heterocycles. The summed E-state index contributed by atoms with van der Waals surface area (Å²) in [6, 6.07) is 9.05. The molecule has 0 saturated heterocycles. The van der Waals surface area contributed by atoms with Crippen LogP contribution >= 0.6 is 0 Å². The fourth-order valence-electron chi connectivity index (χ4n) is 2.86. The minimum Gasteiger partial charge on any atom is -0.469 e. The first kappa shape index (κ1) is 16.0. The number of carbonyl (C=O) groups excluding carboxylic acids is 1. The van der Waals surface area contributed by atoms with E-state index in [1.54, 1.807) is 6.92 Å². The number of methoxy groups -OCH3 is 1. The topological polar surface area (TPSA) is 72.5 Å². The monoisotopic (exact) mass is 311 g/mol. The lowest BCUT2D eigenvalue weighted by molar-refractivity contribution is -0.145. The van der Waals surface area contributed by atoms with Crippen molar-refractivity contribution >= 4 is 16.0 Å². The van der Waals surface area contributed by atoms with Crippen molar-refractivity contribution in [3.8, 4) is 0 Å². The molecule has 1 fully saturated rings. The number of hydrogen-bond donors (Lipinski definition) is 1. The van der Waals surface area contributed by atoms with E-state index in [0.717, 1.165) is 12.0 Å². The first-order valence-electron chi connectivity index (χ1n) is 7.09. The second-order valence-electron chi connectivity index (χ2n) is 5.39. The molecule has 5 nitrogen and oxygen atoms in total. The Balaban J connectivity index is 2.13. The minimum absolute atomic E-state index is 0.324. The summed E-state index contributed by atoms with van der Waals surface area (Å²) in [5.74, 6) is -0.995. The number of benzene rings is 1. The summed E-state index contributed by atoms with van der Waals surface area (Å²) in [6.07, 6.45) is 1.79. The van der Waals surface area contributed by atoms with E-state index in [1.165, 1.54) is 7.11 Å². The molecule has 3 atom stereocenters. The number of hydrogen-bond acceptors (Lipinski definition) is 4. The van der Waals surface area contributed by atoms with Crippen molar-refractivity contribution in [2.75, 3.05) is 7.11 Å². The first-order valence-corrected chi connectivity index (χ1v) is 8.64. The van der Waals surface area contributed by atoms with E-state index in [9.17, 15) is 13.2 Å². The molecule has 0 amide bonds. The van der Waals surface area contributed by atoms with Gasteiger partial charge in [0.25, 0.3) is 0 Å². The van der Waals surface area contributed by atoms with Crippen LogP contribution in [0.3, 0.4) is 0 Å². The van der Waals surface area contributed by atoms with Crippen LogP contribution in [0.15, 0.2) is 30.3 Å². The third-order valence-corrected chi connectivity index (χ3v) is 6.04. The highest BCUT2D eigenvalue weighted by Crippen LogP contribution is 2.32. The second kappa shape index (κ2) is 6.58. The molecule has 116 valence electrons. The van der Waals surface area contributed by atoms with E-state index in [-0.39, 0.29) is 6.04 Å². The Labute approximate surface area is 125 Å². The van der Waals surface area contributed by atoms with Crippen molar-refractivity contribution in [2.45, 2.75) is 37.5 Å². The molecule has 6 heteroatoms. The van der Waals surface area contributed by atoms with E-state index in [0.29, 0.717) is 12.8 Å². The molecule has 0 spiro atoms. The number of nitrogens with one attached hydrogen (secondary N) is 1. The molecule has 1 aliphatic carbocycles. The molecule has 21 heavy (non-hydrogen) atoms. The molecule has 1 aromatic rings. The van der Waals surface area contributed by atoms with Gasteiger partial charge < -0.3 is 4.74 Å². The number of ether oxygens (including phenoxy) is 1. The normalized spacial score (nSPS) is 23.7. The van der Waals surface area contributed by atoms with Crippen LogP contribution in [-0.4, -0.2) is 26.7 Å². The molecule has 0 radical (unpaired) electrons. The minimum atomic E-state index is -3.56. The summed E-state index contributed by atoms with van der Waals surface area (Å²) in [5, 5.41) is -0.698. The van der Waals surface area contributed by atoms with Crippen molar-refractivity contribution in [1.82, 2.24) is 4.72 Å². The summed E-state index contributed by atoms with van der Waals surface area (Å²) in [7, 11) is -2.27. The predicted octanol–water partition coefficient (Wildman–Crippen LogP) is 2.01. The smallest absolute Gasteiger partial charge is 0.310 e. The van der Waals surface area contributed by atoms with Gasteiger partial charge in [-0.2, -0.15) is 0 Å². The van der Waals surface area contributed by atoms with Crippen molar-refractivity contribution in [2.24, 2.45) is 5.92 Å². The Hall–Kier alpha value is -1.40.